The van der Waals surface area contributed by atoms with Crippen molar-refractivity contribution in [2.45, 2.75) is 0 Å². The van der Waals surface area contributed by atoms with Gasteiger partial charge in [0.25, 0.3) is 0 Å². The van der Waals surface area contributed by atoms with Gasteiger partial charge in [0.05, 0.1) is 14.5 Å². The van der Waals surface area contributed by atoms with Gasteiger partial charge in [-0.3, -0.25) is 4.79 Å². The average molecular weight is 330 g/mol. The van der Waals surface area contributed by atoms with Crippen molar-refractivity contribution in [1.29, 1.82) is 0 Å². The standard InChI is InChI=1S/C13H7BrCl2O/c14-12-10(15)6-9(7-11(12)16)13(17)8-4-2-1-3-5-8/h1-7H. The van der Waals surface area contributed by atoms with Crippen molar-refractivity contribution in [2.24, 2.45) is 0 Å². The van der Waals surface area contributed by atoms with Crippen LogP contribution in [0.4, 0.5) is 0 Å². The smallest absolute Gasteiger partial charge is 0.193 e. The predicted octanol–water partition coefficient (Wildman–Crippen LogP) is 4.99. The quantitative estimate of drug-likeness (QED) is 0.560. The van der Waals surface area contributed by atoms with E-state index in [0.29, 0.717) is 25.6 Å². The van der Waals surface area contributed by atoms with Gasteiger partial charge in [-0.05, 0) is 28.1 Å². The Balaban J connectivity index is 2.45. The van der Waals surface area contributed by atoms with Crippen LogP contribution < -0.4 is 0 Å². The molecule has 17 heavy (non-hydrogen) atoms. The highest BCUT2D eigenvalue weighted by Crippen LogP contribution is 2.32. The Kier molecular flexibility index (Phi) is 3.87. The molecular weight excluding hydrogens is 323 g/mol. The van der Waals surface area contributed by atoms with Crippen LogP contribution in [0.1, 0.15) is 15.9 Å². The highest BCUT2D eigenvalue weighted by Gasteiger charge is 2.12. The number of hydrogen-bond donors (Lipinski definition) is 0. The molecule has 0 aliphatic carbocycles. The molecule has 0 unspecified atom stereocenters. The molecule has 0 fully saturated rings. The van der Waals surface area contributed by atoms with E-state index in [2.05, 4.69) is 15.9 Å². The molecule has 0 spiro atoms. The molecule has 1 nitrogen and oxygen atoms in total. The Bertz CT molecular complexity index is 544. The second-order valence-electron chi connectivity index (χ2n) is 3.45. The maximum absolute atomic E-state index is 12.1. The van der Waals surface area contributed by atoms with E-state index in [1.165, 1.54) is 0 Å². The lowest BCUT2D eigenvalue weighted by atomic mass is 10.0. The number of carbonyl (C=O) groups is 1. The first-order chi connectivity index (χ1) is 8.09. The molecule has 2 aromatic carbocycles. The Labute approximate surface area is 117 Å². The highest BCUT2D eigenvalue weighted by atomic mass is 79.9. The van der Waals surface area contributed by atoms with Crippen LogP contribution in [0.5, 0.6) is 0 Å². The molecule has 0 aliphatic rings. The monoisotopic (exact) mass is 328 g/mol. The van der Waals surface area contributed by atoms with E-state index in [4.69, 9.17) is 23.2 Å². The van der Waals surface area contributed by atoms with Crippen LogP contribution in [-0.2, 0) is 0 Å². The van der Waals surface area contributed by atoms with Crippen molar-refractivity contribution in [1.82, 2.24) is 0 Å². The third-order valence-electron chi connectivity index (χ3n) is 2.28. The molecule has 2 rings (SSSR count). The molecule has 0 heterocycles. The van der Waals surface area contributed by atoms with Crippen molar-refractivity contribution in [3.8, 4) is 0 Å². The molecule has 0 radical (unpaired) electrons. The molecule has 0 aliphatic heterocycles. The Morgan fingerprint density at radius 1 is 0.941 bits per heavy atom. The van der Waals surface area contributed by atoms with Crippen molar-refractivity contribution in [3.05, 3.63) is 68.1 Å². The van der Waals surface area contributed by atoms with Crippen LogP contribution in [0.3, 0.4) is 0 Å². The highest BCUT2D eigenvalue weighted by molar-refractivity contribution is 9.10. The molecule has 0 amide bonds. The van der Waals surface area contributed by atoms with Gasteiger partial charge < -0.3 is 0 Å². The van der Waals surface area contributed by atoms with Crippen molar-refractivity contribution in [3.63, 3.8) is 0 Å². The fourth-order valence-electron chi connectivity index (χ4n) is 1.44. The first-order valence-electron chi connectivity index (χ1n) is 4.84. The zero-order valence-corrected chi connectivity index (χ0v) is 11.7. The minimum Gasteiger partial charge on any atom is -0.289 e. The van der Waals surface area contributed by atoms with E-state index in [1.807, 2.05) is 18.2 Å². The van der Waals surface area contributed by atoms with E-state index < -0.39 is 0 Å². The van der Waals surface area contributed by atoms with E-state index in [9.17, 15) is 4.79 Å². The SMILES string of the molecule is O=C(c1ccccc1)c1cc(Cl)c(Br)c(Cl)c1. The maximum Gasteiger partial charge on any atom is 0.193 e. The van der Waals surface area contributed by atoms with E-state index >= 15 is 0 Å². The summed E-state index contributed by atoms with van der Waals surface area (Å²) in [6.45, 7) is 0. The van der Waals surface area contributed by atoms with Gasteiger partial charge in [0.1, 0.15) is 0 Å². The van der Waals surface area contributed by atoms with Gasteiger partial charge in [0, 0.05) is 11.1 Å². The summed E-state index contributed by atoms with van der Waals surface area (Å²) in [5.74, 6) is -0.0955. The van der Waals surface area contributed by atoms with Gasteiger partial charge in [0.15, 0.2) is 5.78 Å². The molecule has 0 saturated carbocycles. The second kappa shape index (κ2) is 5.21. The lowest BCUT2D eigenvalue weighted by molar-refractivity contribution is 0.103. The molecule has 0 saturated heterocycles. The van der Waals surface area contributed by atoms with Crippen LogP contribution in [-0.4, -0.2) is 5.78 Å². The van der Waals surface area contributed by atoms with Gasteiger partial charge in [-0.2, -0.15) is 0 Å². The number of rotatable bonds is 2. The average Bonchev–Trinajstić information content (AvgIpc) is 2.35. The minimum atomic E-state index is -0.0955. The number of ketones is 1. The van der Waals surface area contributed by atoms with Gasteiger partial charge in [-0.25, -0.2) is 0 Å². The topological polar surface area (TPSA) is 17.1 Å². The zero-order chi connectivity index (χ0) is 12.4. The van der Waals surface area contributed by atoms with Crippen LogP contribution in [0.25, 0.3) is 0 Å². The van der Waals surface area contributed by atoms with Crippen LogP contribution >= 0.6 is 39.1 Å². The predicted molar refractivity (Wildman–Crippen MR) is 74.0 cm³/mol. The minimum absolute atomic E-state index is 0.0955. The van der Waals surface area contributed by atoms with Gasteiger partial charge in [-0.15, -0.1) is 0 Å². The third kappa shape index (κ3) is 2.71. The van der Waals surface area contributed by atoms with Crippen LogP contribution in [0.2, 0.25) is 10.0 Å². The molecule has 0 aromatic heterocycles. The molecular formula is C13H7BrCl2O. The lowest BCUT2D eigenvalue weighted by Gasteiger charge is -2.05. The molecule has 0 atom stereocenters. The molecule has 2 aromatic rings. The molecule has 4 heteroatoms. The Morgan fingerprint density at radius 2 is 1.47 bits per heavy atom. The first kappa shape index (κ1) is 12.6. The van der Waals surface area contributed by atoms with Crippen molar-refractivity contribution in [2.75, 3.05) is 0 Å². The number of hydrogen-bond acceptors (Lipinski definition) is 1. The van der Waals surface area contributed by atoms with E-state index in [-0.39, 0.29) is 5.78 Å². The fraction of sp³-hybridized carbons (Fsp3) is 0. The first-order valence-corrected chi connectivity index (χ1v) is 6.39. The summed E-state index contributed by atoms with van der Waals surface area (Å²) in [5.41, 5.74) is 1.09. The van der Waals surface area contributed by atoms with Crippen molar-refractivity contribution < 1.29 is 4.79 Å². The van der Waals surface area contributed by atoms with E-state index in [1.54, 1.807) is 24.3 Å². The zero-order valence-electron chi connectivity index (χ0n) is 8.58. The summed E-state index contributed by atoms with van der Waals surface area (Å²) < 4.78 is 0.602. The Hall–Kier alpha value is -0.830. The van der Waals surface area contributed by atoms with E-state index in [0.717, 1.165) is 0 Å². The van der Waals surface area contributed by atoms with Crippen LogP contribution in [0.15, 0.2) is 46.9 Å². The summed E-state index contributed by atoms with van der Waals surface area (Å²) in [7, 11) is 0. The fourth-order valence-corrected chi connectivity index (χ4v) is 2.16. The number of benzene rings is 2. The molecule has 0 N–H and O–H groups in total. The number of halogens is 3. The summed E-state index contributed by atoms with van der Waals surface area (Å²) in [6.07, 6.45) is 0. The van der Waals surface area contributed by atoms with Gasteiger partial charge >= 0.3 is 0 Å². The Morgan fingerprint density at radius 3 is 2.00 bits per heavy atom. The summed E-state index contributed by atoms with van der Waals surface area (Å²) in [5, 5.41) is 0.855. The summed E-state index contributed by atoms with van der Waals surface area (Å²) >= 11 is 15.2. The van der Waals surface area contributed by atoms with Gasteiger partial charge in [0.2, 0.25) is 0 Å². The normalized spacial score (nSPS) is 10.3. The molecule has 86 valence electrons. The summed E-state index contributed by atoms with van der Waals surface area (Å²) in [4.78, 5) is 12.1. The number of carbonyl (C=O) groups excluding carboxylic acids is 1. The third-order valence-corrected chi connectivity index (χ3v) is 4.19. The largest absolute Gasteiger partial charge is 0.289 e. The maximum atomic E-state index is 12.1. The lowest BCUT2D eigenvalue weighted by Crippen LogP contribution is -2.01. The van der Waals surface area contributed by atoms with Crippen LogP contribution in [0, 0.1) is 0 Å². The molecule has 0 bridgehead atoms. The second-order valence-corrected chi connectivity index (χ2v) is 5.06. The van der Waals surface area contributed by atoms with Gasteiger partial charge in [-0.1, -0.05) is 53.5 Å². The van der Waals surface area contributed by atoms with Crippen molar-refractivity contribution >= 4 is 44.9 Å². The summed E-state index contributed by atoms with van der Waals surface area (Å²) in [6, 6.07) is 12.2.